The van der Waals surface area contributed by atoms with Crippen molar-refractivity contribution in [3.05, 3.63) is 12.7 Å². The average molecular weight is 284 g/mol. The lowest BCUT2D eigenvalue weighted by atomic mass is 10.4. The molecule has 1 fully saturated rings. The fraction of sp³-hybridized carbons (Fsp3) is 0.545. The van der Waals surface area contributed by atoms with Gasteiger partial charge >= 0.3 is 0 Å². The van der Waals surface area contributed by atoms with E-state index in [9.17, 15) is 4.79 Å². The molecule has 5 nitrogen and oxygen atoms in total. The van der Waals surface area contributed by atoms with E-state index in [-0.39, 0.29) is 5.91 Å². The molecular formula is C11H16N4OS2. The summed E-state index contributed by atoms with van der Waals surface area (Å²) in [5.41, 5.74) is 0. The smallest absolute Gasteiger partial charge is 0.233 e. The summed E-state index contributed by atoms with van der Waals surface area (Å²) in [7, 11) is 0. The molecule has 0 bridgehead atoms. The first kappa shape index (κ1) is 13.4. The average Bonchev–Trinajstić information content (AvgIpc) is 3.04. The number of carbonyl (C=O) groups is 1. The van der Waals surface area contributed by atoms with E-state index in [2.05, 4.69) is 22.1 Å². The van der Waals surface area contributed by atoms with Crippen LogP contribution in [0.5, 0.6) is 0 Å². The molecule has 0 atom stereocenters. The Hall–Kier alpha value is -1.08. The van der Waals surface area contributed by atoms with Gasteiger partial charge in [-0.3, -0.25) is 4.79 Å². The van der Waals surface area contributed by atoms with Gasteiger partial charge < -0.3 is 10.2 Å². The molecule has 0 radical (unpaired) electrons. The van der Waals surface area contributed by atoms with Crippen LogP contribution >= 0.6 is 23.1 Å². The topological polar surface area (TPSA) is 58.1 Å². The second kappa shape index (κ2) is 6.75. The first-order valence-electron chi connectivity index (χ1n) is 5.88. The second-order valence-electron chi connectivity index (χ2n) is 3.92. The summed E-state index contributed by atoms with van der Waals surface area (Å²) in [4.78, 5) is 13.8. The van der Waals surface area contributed by atoms with E-state index in [0.29, 0.717) is 12.3 Å². The minimum absolute atomic E-state index is 0.202. The van der Waals surface area contributed by atoms with Gasteiger partial charge in [-0.1, -0.05) is 29.2 Å². The van der Waals surface area contributed by atoms with Crippen LogP contribution in [0.15, 0.2) is 17.0 Å². The van der Waals surface area contributed by atoms with Gasteiger partial charge in [-0.15, -0.1) is 16.8 Å². The zero-order valence-electron chi connectivity index (χ0n) is 10.1. The molecule has 2 heterocycles. The first-order chi connectivity index (χ1) is 8.79. The van der Waals surface area contributed by atoms with Crippen molar-refractivity contribution in [2.75, 3.05) is 30.7 Å². The number of likely N-dealkylation sites (tertiary alicyclic amines) is 1. The Bertz CT molecular complexity index is 415. The van der Waals surface area contributed by atoms with E-state index in [0.717, 1.165) is 35.4 Å². The Labute approximate surface area is 115 Å². The molecule has 0 unspecified atom stereocenters. The Morgan fingerprint density at radius 2 is 2.28 bits per heavy atom. The molecule has 0 spiro atoms. The third-order valence-corrected chi connectivity index (χ3v) is 4.58. The number of hydrogen-bond donors (Lipinski definition) is 1. The lowest BCUT2D eigenvalue weighted by molar-refractivity contribution is -0.127. The van der Waals surface area contributed by atoms with Crippen LogP contribution in [-0.4, -0.2) is 46.4 Å². The van der Waals surface area contributed by atoms with E-state index < -0.39 is 0 Å². The van der Waals surface area contributed by atoms with Crippen LogP contribution < -0.4 is 5.32 Å². The minimum atomic E-state index is 0.202. The summed E-state index contributed by atoms with van der Waals surface area (Å²) < 4.78 is 0.828. The molecule has 1 N–H and O–H groups in total. The van der Waals surface area contributed by atoms with Gasteiger partial charge in [0.2, 0.25) is 11.0 Å². The summed E-state index contributed by atoms with van der Waals surface area (Å²) in [6.45, 7) is 6.11. The van der Waals surface area contributed by atoms with Crippen molar-refractivity contribution in [1.29, 1.82) is 0 Å². The zero-order chi connectivity index (χ0) is 12.8. The molecule has 0 aromatic carbocycles. The number of aromatic nitrogens is 2. The van der Waals surface area contributed by atoms with Crippen LogP contribution in [0.3, 0.4) is 0 Å². The number of nitrogens with one attached hydrogen (secondary N) is 1. The highest BCUT2D eigenvalue weighted by molar-refractivity contribution is 8.01. The number of nitrogens with zero attached hydrogens (tertiary/aromatic N) is 3. The molecule has 1 aliphatic rings. The van der Waals surface area contributed by atoms with Crippen LogP contribution in [0, 0.1) is 0 Å². The van der Waals surface area contributed by atoms with Gasteiger partial charge in [0, 0.05) is 19.6 Å². The van der Waals surface area contributed by atoms with Gasteiger partial charge in [0.05, 0.1) is 5.75 Å². The zero-order valence-corrected chi connectivity index (χ0v) is 11.7. The van der Waals surface area contributed by atoms with Gasteiger partial charge in [0.15, 0.2) is 4.34 Å². The SMILES string of the molecule is C=CCNc1nnc(SCC(=O)N2CCCC2)s1. The van der Waals surface area contributed by atoms with Crippen LogP contribution in [0.25, 0.3) is 0 Å². The monoisotopic (exact) mass is 284 g/mol. The Morgan fingerprint density at radius 1 is 1.50 bits per heavy atom. The number of amides is 1. The molecule has 18 heavy (non-hydrogen) atoms. The largest absolute Gasteiger partial charge is 0.357 e. The van der Waals surface area contributed by atoms with E-state index in [1.54, 1.807) is 6.08 Å². The number of anilines is 1. The number of carbonyl (C=O) groups excluding carboxylic acids is 1. The third-order valence-electron chi connectivity index (χ3n) is 2.58. The summed E-state index contributed by atoms with van der Waals surface area (Å²) in [5, 5.41) is 11.9. The van der Waals surface area contributed by atoms with Crippen LogP contribution in [0.4, 0.5) is 5.13 Å². The van der Waals surface area contributed by atoms with Gasteiger partial charge in [-0.25, -0.2) is 0 Å². The summed E-state index contributed by atoms with van der Waals surface area (Å²) in [6, 6.07) is 0. The van der Waals surface area contributed by atoms with Crippen LogP contribution in [0.1, 0.15) is 12.8 Å². The van der Waals surface area contributed by atoms with Crippen molar-refractivity contribution >= 4 is 34.1 Å². The third kappa shape index (κ3) is 3.71. The lowest BCUT2D eigenvalue weighted by Gasteiger charge is -2.13. The summed E-state index contributed by atoms with van der Waals surface area (Å²) >= 11 is 2.93. The maximum Gasteiger partial charge on any atom is 0.233 e. The molecular weight excluding hydrogens is 268 g/mol. The van der Waals surface area contributed by atoms with Gasteiger partial charge in [-0.05, 0) is 12.8 Å². The fourth-order valence-corrected chi connectivity index (χ4v) is 3.34. The van der Waals surface area contributed by atoms with Crippen molar-refractivity contribution in [3.8, 4) is 0 Å². The Kier molecular flexibility index (Phi) is 5.00. The normalized spacial score (nSPS) is 14.8. The van der Waals surface area contributed by atoms with E-state index >= 15 is 0 Å². The molecule has 7 heteroatoms. The van der Waals surface area contributed by atoms with Crippen molar-refractivity contribution in [2.24, 2.45) is 0 Å². The van der Waals surface area contributed by atoms with Gasteiger partial charge in [0.25, 0.3) is 0 Å². The van der Waals surface area contributed by atoms with E-state index in [1.807, 2.05) is 4.90 Å². The van der Waals surface area contributed by atoms with Crippen molar-refractivity contribution in [3.63, 3.8) is 0 Å². The second-order valence-corrected chi connectivity index (χ2v) is 6.12. The molecule has 1 aromatic rings. The molecule has 98 valence electrons. The van der Waals surface area contributed by atoms with Crippen molar-refractivity contribution < 1.29 is 4.79 Å². The first-order valence-corrected chi connectivity index (χ1v) is 7.68. The predicted molar refractivity (Wildman–Crippen MR) is 75.1 cm³/mol. The van der Waals surface area contributed by atoms with Crippen LogP contribution in [0.2, 0.25) is 0 Å². The standard InChI is InChI=1S/C11H16N4OS2/c1-2-5-12-10-13-14-11(18-10)17-8-9(16)15-6-3-4-7-15/h2H,1,3-8H2,(H,12,13). The van der Waals surface area contributed by atoms with Crippen molar-refractivity contribution in [2.45, 2.75) is 17.2 Å². The highest BCUT2D eigenvalue weighted by Crippen LogP contribution is 2.25. The molecule has 1 aromatic heterocycles. The minimum Gasteiger partial charge on any atom is -0.357 e. The maximum atomic E-state index is 11.8. The molecule has 1 aliphatic heterocycles. The number of rotatable bonds is 6. The molecule has 2 rings (SSSR count). The van der Waals surface area contributed by atoms with Gasteiger partial charge in [-0.2, -0.15) is 0 Å². The molecule has 0 aliphatic carbocycles. The Balaban J connectivity index is 1.77. The quantitative estimate of drug-likeness (QED) is 0.638. The van der Waals surface area contributed by atoms with Crippen molar-refractivity contribution in [1.82, 2.24) is 15.1 Å². The fourth-order valence-electron chi connectivity index (χ4n) is 1.68. The van der Waals surface area contributed by atoms with Gasteiger partial charge in [0.1, 0.15) is 0 Å². The maximum absolute atomic E-state index is 11.8. The number of thioether (sulfide) groups is 1. The van der Waals surface area contributed by atoms with Crippen LogP contribution in [-0.2, 0) is 4.79 Å². The molecule has 0 saturated carbocycles. The molecule has 1 amide bonds. The van der Waals surface area contributed by atoms with E-state index in [1.165, 1.54) is 23.1 Å². The molecule has 1 saturated heterocycles. The predicted octanol–water partition coefficient (Wildman–Crippen LogP) is 1.85. The van der Waals surface area contributed by atoms with E-state index in [4.69, 9.17) is 0 Å². The highest BCUT2D eigenvalue weighted by atomic mass is 32.2. The summed E-state index contributed by atoms with van der Waals surface area (Å²) in [6.07, 6.45) is 4.03. The Morgan fingerprint density at radius 3 is 3.00 bits per heavy atom. The lowest BCUT2D eigenvalue weighted by Crippen LogP contribution is -2.29. The highest BCUT2D eigenvalue weighted by Gasteiger charge is 2.18. The number of hydrogen-bond acceptors (Lipinski definition) is 6. The summed E-state index contributed by atoms with van der Waals surface area (Å²) in [5.74, 6) is 0.657.